The number of piperidine rings is 1. The lowest BCUT2D eigenvalue weighted by Gasteiger charge is -2.32. The summed E-state index contributed by atoms with van der Waals surface area (Å²) in [5, 5.41) is 4.42. The fourth-order valence-electron chi connectivity index (χ4n) is 3.67. The first-order chi connectivity index (χ1) is 12.7. The molecule has 1 amide bonds. The molecular weight excluding hydrogens is 331 g/mol. The molecule has 0 saturated carbocycles. The summed E-state index contributed by atoms with van der Waals surface area (Å²) in [4.78, 5) is 18.7. The number of fused-ring (bicyclic) bond motifs is 1. The van der Waals surface area contributed by atoms with Gasteiger partial charge in [0.1, 0.15) is 0 Å². The van der Waals surface area contributed by atoms with E-state index >= 15 is 0 Å². The van der Waals surface area contributed by atoms with E-state index in [1.54, 1.807) is 16.8 Å². The quantitative estimate of drug-likeness (QED) is 0.674. The first-order valence-electron chi connectivity index (χ1n) is 9.05. The average molecular weight is 352 g/mol. The van der Waals surface area contributed by atoms with Crippen molar-refractivity contribution in [3.05, 3.63) is 54.2 Å². The Bertz CT molecular complexity index is 935. The van der Waals surface area contributed by atoms with Crippen LogP contribution < -0.4 is 0 Å². The topological polar surface area (TPSA) is 50.5 Å². The third-order valence-corrected chi connectivity index (χ3v) is 5.18. The molecule has 1 atom stereocenters. The molecule has 4 heterocycles. The van der Waals surface area contributed by atoms with Gasteiger partial charge in [-0.25, -0.2) is 9.50 Å². The Balaban J connectivity index is 1.70. The lowest BCUT2D eigenvalue weighted by atomic mass is 9.95. The van der Waals surface area contributed by atoms with Crippen molar-refractivity contribution in [2.75, 3.05) is 13.1 Å². The molecule has 0 bridgehead atoms. The summed E-state index contributed by atoms with van der Waals surface area (Å²) in [6.07, 6.45) is 6.45. The van der Waals surface area contributed by atoms with Crippen LogP contribution >= 0.6 is 0 Å². The Morgan fingerprint density at radius 3 is 2.92 bits per heavy atom. The third kappa shape index (κ3) is 2.96. The zero-order valence-corrected chi connectivity index (χ0v) is 14.7. The molecule has 3 aromatic rings. The van der Waals surface area contributed by atoms with Gasteiger partial charge in [0, 0.05) is 24.8 Å². The van der Waals surface area contributed by atoms with Crippen LogP contribution in [0.15, 0.2) is 42.7 Å². The molecule has 0 aromatic carbocycles. The van der Waals surface area contributed by atoms with E-state index in [0.717, 1.165) is 42.7 Å². The minimum Gasteiger partial charge on any atom is -0.338 e. The number of aromatic nitrogens is 3. The Morgan fingerprint density at radius 1 is 1.27 bits per heavy atom. The highest BCUT2D eigenvalue weighted by molar-refractivity contribution is 6.01. The van der Waals surface area contributed by atoms with Gasteiger partial charge < -0.3 is 4.90 Å². The number of halogens is 1. The average Bonchev–Trinajstić information content (AvgIpc) is 3.12. The van der Waals surface area contributed by atoms with Crippen molar-refractivity contribution >= 4 is 11.4 Å². The van der Waals surface area contributed by atoms with Crippen molar-refractivity contribution in [1.82, 2.24) is 19.5 Å². The molecule has 0 radical (unpaired) electrons. The van der Waals surface area contributed by atoms with Crippen LogP contribution in [0.2, 0.25) is 0 Å². The van der Waals surface area contributed by atoms with Gasteiger partial charge in [0.2, 0.25) is 5.95 Å². The van der Waals surface area contributed by atoms with Crippen molar-refractivity contribution in [3.63, 3.8) is 0 Å². The highest BCUT2D eigenvalue weighted by atomic mass is 19.1. The van der Waals surface area contributed by atoms with Crippen LogP contribution in [0.1, 0.15) is 36.5 Å². The molecule has 0 N–H and O–H groups in total. The normalized spacial score (nSPS) is 17.6. The van der Waals surface area contributed by atoms with Crippen molar-refractivity contribution in [2.24, 2.45) is 5.92 Å². The van der Waals surface area contributed by atoms with E-state index in [1.165, 1.54) is 18.7 Å². The number of likely N-dealkylation sites (tertiary alicyclic amines) is 1. The number of carbonyl (C=O) groups excluding carboxylic acids is 1. The lowest BCUT2D eigenvalue weighted by molar-refractivity contribution is 0.0673. The summed E-state index contributed by atoms with van der Waals surface area (Å²) < 4.78 is 14.8. The van der Waals surface area contributed by atoms with Gasteiger partial charge in [0.15, 0.2) is 0 Å². The van der Waals surface area contributed by atoms with Crippen LogP contribution in [0, 0.1) is 11.9 Å². The van der Waals surface area contributed by atoms with E-state index < -0.39 is 5.95 Å². The molecule has 1 aliphatic heterocycles. The minimum atomic E-state index is -0.521. The van der Waals surface area contributed by atoms with E-state index in [9.17, 15) is 9.18 Å². The molecular formula is C20H21FN4O. The lowest BCUT2D eigenvalue weighted by Crippen LogP contribution is -2.39. The van der Waals surface area contributed by atoms with E-state index in [-0.39, 0.29) is 5.91 Å². The van der Waals surface area contributed by atoms with Crippen molar-refractivity contribution in [1.29, 1.82) is 0 Å². The van der Waals surface area contributed by atoms with Crippen LogP contribution in [0.4, 0.5) is 4.39 Å². The predicted octanol–water partition coefficient (Wildman–Crippen LogP) is 3.80. The first-order valence-corrected chi connectivity index (χ1v) is 9.05. The van der Waals surface area contributed by atoms with Gasteiger partial charge in [-0.1, -0.05) is 19.4 Å². The molecule has 1 fully saturated rings. The van der Waals surface area contributed by atoms with Crippen molar-refractivity contribution in [3.8, 4) is 11.3 Å². The first kappa shape index (κ1) is 16.7. The molecule has 4 rings (SSSR count). The molecule has 1 saturated heterocycles. The van der Waals surface area contributed by atoms with Gasteiger partial charge in [0.25, 0.3) is 5.91 Å². The Kier molecular flexibility index (Phi) is 4.41. The van der Waals surface area contributed by atoms with Crippen LogP contribution in [-0.2, 0) is 0 Å². The smallest absolute Gasteiger partial charge is 0.257 e. The molecule has 0 aliphatic carbocycles. The second-order valence-corrected chi connectivity index (χ2v) is 6.80. The summed E-state index contributed by atoms with van der Waals surface area (Å²) in [7, 11) is 0. The summed E-state index contributed by atoms with van der Waals surface area (Å²) in [5.74, 6) is 0.0933. The number of amides is 1. The predicted molar refractivity (Wildman–Crippen MR) is 97.3 cm³/mol. The van der Waals surface area contributed by atoms with E-state index in [0.29, 0.717) is 11.5 Å². The molecule has 0 spiro atoms. The molecule has 26 heavy (non-hydrogen) atoms. The largest absolute Gasteiger partial charge is 0.338 e. The van der Waals surface area contributed by atoms with Crippen LogP contribution in [0.5, 0.6) is 0 Å². The SMILES string of the molecule is CCC1CCCN(C(=O)c2cnn3c(-c4ccc(F)nc4)cccc23)C1. The van der Waals surface area contributed by atoms with Gasteiger partial charge in [-0.05, 0) is 43.0 Å². The fraction of sp³-hybridized carbons (Fsp3) is 0.350. The maximum atomic E-state index is 13.1. The van der Waals surface area contributed by atoms with E-state index in [4.69, 9.17) is 0 Å². The van der Waals surface area contributed by atoms with Crippen molar-refractivity contribution in [2.45, 2.75) is 26.2 Å². The molecule has 6 heteroatoms. The second-order valence-electron chi connectivity index (χ2n) is 6.80. The molecule has 3 aromatic heterocycles. The van der Waals surface area contributed by atoms with Gasteiger partial charge >= 0.3 is 0 Å². The summed E-state index contributed by atoms with van der Waals surface area (Å²) in [6, 6.07) is 8.65. The molecule has 1 unspecified atom stereocenters. The summed E-state index contributed by atoms with van der Waals surface area (Å²) in [6.45, 7) is 3.79. The number of carbonyl (C=O) groups is 1. The maximum absolute atomic E-state index is 13.1. The summed E-state index contributed by atoms with van der Waals surface area (Å²) >= 11 is 0. The maximum Gasteiger partial charge on any atom is 0.257 e. The van der Waals surface area contributed by atoms with Gasteiger partial charge in [-0.2, -0.15) is 9.49 Å². The standard InChI is InChI=1S/C20H21FN4O/c1-2-14-5-4-10-24(13-14)20(26)16-12-23-25-17(6-3-7-18(16)25)15-8-9-19(21)22-11-15/h3,6-9,11-12,14H,2,4-5,10,13H2,1H3. The molecule has 1 aliphatic rings. The summed E-state index contributed by atoms with van der Waals surface area (Å²) in [5.41, 5.74) is 2.90. The van der Waals surface area contributed by atoms with Gasteiger partial charge in [-0.3, -0.25) is 4.79 Å². The van der Waals surface area contributed by atoms with E-state index in [1.807, 2.05) is 23.1 Å². The Morgan fingerprint density at radius 2 is 2.15 bits per heavy atom. The second kappa shape index (κ2) is 6.86. The number of hydrogen-bond donors (Lipinski definition) is 0. The van der Waals surface area contributed by atoms with Gasteiger partial charge in [0.05, 0.1) is 23.0 Å². The Labute approximate surface area is 151 Å². The van der Waals surface area contributed by atoms with Gasteiger partial charge in [-0.15, -0.1) is 0 Å². The monoisotopic (exact) mass is 352 g/mol. The highest BCUT2D eigenvalue weighted by Gasteiger charge is 2.25. The number of hydrogen-bond acceptors (Lipinski definition) is 3. The fourth-order valence-corrected chi connectivity index (χ4v) is 3.67. The number of pyridine rings is 2. The van der Waals surface area contributed by atoms with E-state index in [2.05, 4.69) is 17.0 Å². The molecule has 5 nitrogen and oxygen atoms in total. The molecule has 134 valence electrons. The zero-order valence-electron chi connectivity index (χ0n) is 14.7. The minimum absolute atomic E-state index is 0.0348. The number of nitrogens with zero attached hydrogens (tertiary/aromatic N) is 4. The van der Waals surface area contributed by atoms with Crippen LogP contribution in [0.25, 0.3) is 16.8 Å². The number of rotatable bonds is 3. The zero-order chi connectivity index (χ0) is 18.1. The van der Waals surface area contributed by atoms with Crippen LogP contribution in [0.3, 0.4) is 0 Å². The van der Waals surface area contributed by atoms with Crippen molar-refractivity contribution < 1.29 is 9.18 Å². The third-order valence-electron chi connectivity index (χ3n) is 5.18. The van der Waals surface area contributed by atoms with Crippen LogP contribution in [-0.4, -0.2) is 38.5 Å². The highest BCUT2D eigenvalue weighted by Crippen LogP contribution is 2.25. The Hall–Kier alpha value is -2.76.